The molecule has 0 bridgehead atoms. The van der Waals surface area contributed by atoms with Crippen LogP contribution in [0.25, 0.3) is 0 Å². The summed E-state index contributed by atoms with van der Waals surface area (Å²) in [4.78, 5) is 6.63. The number of pyridine rings is 1. The Labute approximate surface area is 99.9 Å². The number of aromatic nitrogens is 1. The molecular formula is C13H14N2S. The fourth-order valence-corrected chi connectivity index (χ4v) is 2.12. The predicted molar refractivity (Wildman–Crippen MR) is 67.4 cm³/mol. The maximum Gasteiger partial charge on any atom is 0.0540 e. The molecule has 1 heterocycles. The molecule has 2 N–H and O–H groups in total. The van der Waals surface area contributed by atoms with Gasteiger partial charge in [0.25, 0.3) is 0 Å². The van der Waals surface area contributed by atoms with Gasteiger partial charge in [0.15, 0.2) is 0 Å². The molecule has 2 aromatic rings. The fourth-order valence-electron chi connectivity index (χ4n) is 1.33. The van der Waals surface area contributed by atoms with Gasteiger partial charge in [-0.05, 0) is 31.2 Å². The molecule has 0 saturated carbocycles. The van der Waals surface area contributed by atoms with Gasteiger partial charge in [-0.1, -0.05) is 29.5 Å². The van der Waals surface area contributed by atoms with Gasteiger partial charge in [0.1, 0.15) is 0 Å². The molecule has 0 aliphatic heterocycles. The van der Waals surface area contributed by atoms with Gasteiger partial charge >= 0.3 is 0 Å². The SMILES string of the molecule is Cc1ccc(Sc2ccc(CN)nc2)cc1. The second kappa shape index (κ2) is 5.14. The van der Waals surface area contributed by atoms with Crippen LogP contribution in [-0.4, -0.2) is 4.98 Å². The number of hydrogen-bond acceptors (Lipinski definition) is 3. The van der Waals surface area contributed by atoms with Crippen LogP contribution in [0.15, 0.2) is 52.4 Å². The van der Waals surface area contributed by atoms with Crippen LogP contribution >= 0.6 is 11.8 Å². The second-order valence-corrected chi connectivity index (χ2v) is 4.75. The molecule has 0 atom stereocenters. The largest absolute Gasteiger partial charge is 0.325 e. The van der Waals surface area contributed by atoms with Crippen LogP contribution in [0.5, 0.6) is 0 Å². The summed E-state index contributed by atoms with van der Waals surface area (Å²) in [5.41, 5.74) is 7.70. The van der Waals surface area contributed by atoms with E-state index in [9.17, 15) is 0 Å². The zero-order valence-corrected chi connectivity index (χ0v) is 10.00. The van der Waals surface area contributed by atoms with E-state index in [2.05, 4.69) is 42.2 Å². The van der Waals surface area contributed by atoms with Crippen LogP contribution in [0, 0.1) is 6.92 Å². The zero-order chi connectivity index (χ0) is 11.4. The van der Waals surface area contributed by atoms with Crippen LogP contribution in [0.2, 0.25) is 0 Å². The molecule has 16 heavy (non-hydrogen) atoms. The second-order valence-electron chi connectivity index (χ2n) is 3.60. The highest BCUT2D eigenvalue weighted by molar-refractivity contribution is 7.99. The van der Waals surface area contributed by atoms with E-state index in [1.54, 1.807) is 11.8 Å². The van der Waals surface area contributed by atoms with Crippen molar-refractivity contribution in [3.05, 3.63) is 53.9 Å². The molecule has 0 aliphatic rings. The predicted octanol–water partition coefficient (Wildman–Crippen LogP) is 3.00. The Hall–Kier alpha value is -1.32. The first-order valence-electron chi connectivity index (χ1n) is 5.17. The van der Waals surface area contributed by atoms with Gasteiger partial charge in [0.05, 0.1) is 5.69 Å². The monoisotopic (exact) mass is 230 g/mol. The molecule has 3 heteroatoms. The number of nitrogens with zero attached hydrogens (tertiary/aromatic N) is 1. The van der Waals surface area contributed by atoms with Crippen molar-refractivity contribution in [3.8, 4) is 0 Å². The standard InChI is InChI=1S/C13H14N2S/c1-10-2-5-12(6-3-10)16-13-7-4-11(8-14)15-9-13/h2-7,9H,8,14H2,1H3. The lowest BCUT2D eigenvalue weighted by Gasteiger charge is -2.02. The van der Waals surface area contributed by atoms with Crippen molar-refractivity contribution >= 4 is 11.8 Å². The number of benzene rings is 1. The van der Waals surface area contributed by atoms with E-state index < -0.39 is 0 Å². The summed E-state index contributed by atoms with van der Waals surface area (Å²) in [7, 11) is 0. The zero-order valence-electron chi connectivity index (χ0n) is 9.18. The van der Waals surface area contributed by atoms with E-state index in [0.29, 0.717) is 6.54 Å². The minimum absolute atomic E-state index is 0.496. The molecule has 1 aromatic heterocycles. The summed E-state index contributed by atoms with van der Waals surface area (Å²) in [5, 5.41) is 0. The van der Waals surface area contributed by atoms with E-state index in [0.717, 1.165) is 10.6 Å². The normalized spacial score (nSPS) is 10.4. The van der Waals surface area contributed by atoms with Gasteiger partial charge < -0.3 is 5.73 Å². The smallest absolute Gasteiger partial charge is 0.0540 e. The molecule has 0 saturated heterocycles. The third-order valence-electron chi connectivity index (χ3n) is 2.26. The molecule has 1 aromatic carbocycles. The molecule has 0 spiro atoms. The Morgan fingerprint density at radius 2 is 1.75 bits per heavy atom. The number of nitrogens with two attached hydrogens (primary N) is 1. The molecule has 0 radical (unpaired) electrons. The summed E-state index contributed by atoms with van der Waals surface area (Å²) in [6.45, 7) is 2.58. The number of hydrogen-bond donors (Lipinski definition) is 1. The maximum atomic E-state index is 5.50. The van der Waals surface area contributed by atoms with Crippen LogP contribution in [-0.2, 0) is 6.54 Å². The van der Waals surface area contributed by atoms with Crippen LogP contribution in [0.3, 0.4) is 0 Å². The van der Waals surface area contributed by atoms with Gasteiger partial charge in [-0.2, -0.15) is 0 Å². The Bertz CT molecular complexity index is 448. The number of rotatable bonds is 3. The van der Waals surface area contributed by atoms with Crippen LogP contribution in [0.1, 0.15) is 11.3 Å². The van der Waals surface area contributed by atoms with Crippen molar-refractivity contribution in [2.45, 2.75) is 23.3 Å². The topological polar surface area (TPSA) is 38.9 Å². The third kappa shape index (κ3) is 2.84. The average molecular weight is 230 g/mol. The Morgan fingerprint density at radius 1 is 1.06 bits per heavy atom. The van der Waals surface area contributed by atoms with Gasteiger partial charge in [0, 0.05) is 22.5 Å². The number of aryl methyl sites for hydroxylation is 1. The molecule has 2 nitrogen and oxygen atoms in total. The van der Waals surface area contributed by atoms with E-state index in [4.69, 9.17) is 5.73 Å². The maximum absolute atomic E-state index is 5.50. The molecular weight excluding hydrogens is 216 g/mol. The van der Waals surface area contributed by atoms with E-state index in [1.807, 2.05) is 12.3 Å². The highest BCUT2D eigenvalue weighted by Gasteiger charge is 1.98. The summed E-state index contributed by atoms with van der Waals surface area (Å²) in [5.74, 6) is 0. The van der Waals surface area contributed by atoms with Gasteiger partial charge in [-0.3, -0.25) is 4.98 Å². The minimum atomic E-state index is 0.496. The van der Waals surface area contributed by atoms with Crippen molar-refractivity contribution in [3.63, 3.8) is 0 Å². The van der Waals surface area contributed by atoms with Crippen molar-refractivity contribution in [1.29, 1.82) is 0 Å². The molecule has 82 valence electrons. The first-order valence-corrected chi connectivity index (χ1v) is 5.99. The summed E-state index contributed by atoms with van der Waals surface area (Å²) in [6.07, 6.45) is 1.87. The Balaban J connectivity index is 2.11. The minimum Gasteiger partial charge on any atom is -0.325 e. The van der Waals surface area contributed by atoms with Crippen molar-refractivity contribution in [2.24, 2.45) is 5.73 Å². The van der Waals surface area contributed by atoms with Crippen molar-refractivity contribution in [1.82, 2.24) is 4.98 Å². The lowest BCUT2D eigenvalue weighted by atomic mass is 10.2. The van der Waals surface area contributed by atoms with E-state index >= 15 is 0 Å². The van der Waals surface area contributed by atoms with Crippen molar-refractivity contribution < 1.29 is 0 Å². The quantitative estimate of drug-likeness (QED) is 0.881. The van der Waals surface area contributed by atoms with E-state index in [-0.39, 0.29) is 0 Å². The van der Waals surface area contributed by atoms with Gasteiger partial charge in [0.2, 0.25) is 0 Å². The van der Waals surface area contributed by atoms with Gasteiger partial charge in [-0.15, -0.1) is 0 Å². The molecule has 0 unspecified atom stereocenters. The highest BCUT2D eigenvalue weighted by Crippen LogP contribution is 2.26. The third-order valence-corrected chi connectivity index (χ3v) is 3.25. The average Bonchev–Trinajstić information content (AvgIpc) is 2.33. The fraction of sp³-hybridized carbons (Fsp3) is 0.154. The Morgan fingerprint density at radius 3 is 2.31 bits per heavy atom. The molecule has 2 rings (SSSR count). The van der Waals surface area contributed by atoms with Crippen LogP contribution in [0.4, 0.5) is 0 Å². The molecule has 0 amide bonds. The van der Waals surface area contributed by atoms with Gasteiger partial charge in [-0.25, -0.2) is 0 Å². The summed E-state index contributed by atoms with van der Waals surface area (Å²) >= 11 is 1.71. The molecule has 0 fully saturated rings. The van der Waals surface area contributed by atoms with Crippen molar-refractivity contribution in [2.75, 3.05) is 0 Å². The summed E-state index contributed by atoms with van der Waals surface area (Å²) < 4.78 is 0. The first kappa shape index (κ1) is 11.2. The highest BCUT2D eigenvalue weighted by atomic mass is 32.2. The molecule has 0 aliphatic carbocycles. The first-order chi connectivity index (χ1) is 7.78. The van der Waals surface area contributed by atoms with Crippen LogP contribution < -0.4 is 5.73 Å². The van der Waals surface area contributed by atoms with E-state index in [1.165, 1.54) is 10.5 Å². The Kier molecular flexibility index (Phi) is 3.59. The lowest BCUT2D eigenvalue weighted by molar-refractivity contribution is 0.977. The summed E-state index contributed by atoms with van der Waals surface area (Å²) in [6, 6.07) is 12.5. The lowest BCUT2D eigenvalue weighted by Crippen LogP contribution is -1.98.